The Labute approximate surface area is 126 Å². The largest absolute Gasteiger partial charge is 0.354 e. The summed E-state index contributed by atoms with van der Waals surface area (Å²) in [6, 6.07) is 5.62. The Morgan fingerprint density at radius 1 is 1.27 bits per heavy atom. The maximum Gasteiger partial charge on any atom is 0.273 e. The molecule has 1 heterocycles. The van der Waals surface area contributed by atoms with E-state index in [2.05, 4.69) is 20.5 Å². The van der Waals surface area contributed by atoms with Crippen molar-refractivity contribution in [3.63, 3.8) is 0 Å². The van der Waals surface area contributed by atoms with Crippen molar-refractivity contribution in [1.29, 1.82) is 0 Å². The highest BCUT2D eigenvalue weighted by Crippen LogP contribution is 2.12. The van der Waals surface area contributed by atoms with Crippen LogP contribution in [0.25, 0.3) is 11.4 Å². The highest BCUT2D eigenvalue weighted by molar-refractivity contribution is 5.76. The smallest absolute Gasteiger partial charge is 0.273 e. The van der Waals surface area contributed by atoms with Gasteiger partial charge in [-0.1, -0.05) is 0 Å². The monoisotopic (exact) mass is 304 g/mol. The van der Waals surface area contributed by atoms with Gasteiger partial charge in [0.2, 0.25) is 5.91 Å². The van der Waals surface area contributed by atoms with Crippen LogP contribution in [-0.2, 0) is 11.2 Å². The van der Waals surface area contributed by atoms with Crippen LogP contribution in [0, 0.1) is 5.82 Å². The number of aryl methyl sites for hydroxylation is 1. The van der Waals surface area contributed by atoms with Gasteiger partial charge in [-0.2, -0.15) is 0 Å². The molecule has 0 saturated heterocycles. The van der Waals surface area contributed by atoms with Gasteiger partial charge in [-0.15, -0.1) is 10.2 Å². The van der Waals surface area contributed by atoms with Crippen LogP contribution in [0.4, 0.5) is 4.39 Å². The lowest BCUT2D eigenvalue weighted by atomic mass is 10.2. The lowest BCUT2D eigenvalue weighted by Crippen LogP contribution is -2.31. The number of hydrogen-bond donors (Lipinski definition) is 2. The van der Waals surface area contributed by atoms with Crippen molar-refractivity contribution in [2.45, 2.75) is 32.7 Å². The molecule has 2 aromatic rings. The summed E-state index contributed by atoms with van der Waals surface area (Å²) in [5.41, 5.74) is 0.367. The highest BCUT2D eigenvalue weighted by atomic mass is 19.1. The van der Waals surface area contributed by atoms with Gasteiger partial charge in [-0.3, -0.25) is 9.59 Å². The number of benzene rings is 1. The average Bonchev–Trinajstić information content (AvgIpc) is 2.46. The predicted octanol–water partition coefficient (Wildman–Crippen LogP) is 1.43. The molecule has 0 saturated carbocycles. The molecule has 0 radical (unpaired) electrons. The van der Waals surface area contributed by atoms with Crippen molar-refractivity contribution in [2.75, 3.05) is 0 Å². The Morgan fingerprint density at radius 2 is 1.95 bits per heavy atom. The van der Waals surface area contributed by atoms with Crippen molar-refractivity contribution in [1.82, 2.24) is 20.5 Å². The summed E-state index contributed by atoms with van der Waals surface area (Å²) in [6.45, 7) is 3.73. The molecule has 22 heavy (non-hydrogen) atoms. The van der Waals surface area contributed by atoms with Gasteiger partial charge in [-0.05, 0) is 38.1 Å². The molecule has 0 aliphatic heterocycles. The molecule has 2 rings (SSSR count). The minimum atomic E-state index is -0.397. The molecule has 0 aliphatic rings. The number of H-pyrrole nitrogens is 1. The molecule has 0 spiro atoms. The molecular formula is C15H17FN4O2. The SMILES string of the molecule is CC(C)NC(=O)CCc1nnc(-c2ccc(F)cc2)[nH]c1=O. The fraction of sp³-hybridized carbons (Fsp3) is 0.333. The van der Waals surface area contributed by atoms with E-state index < -0.39 is 5.56 Å². The first-order valence-electron chi connectivity index (χ1n) is 6.97. The summed E-state index contributed by atoms with van der Waals surface area (Å²) in [5, 5.41) is 10.5. The zero-order valence-electron chi connectivity index (χ0n) is 12.4. The van der Waals surface area contributed by atoms with Gasteiger partial charge >= 0.3 is 0 Å². The number of halogens is 1. The molecule has 1 amide bonds. The highest BCUT2D eigenvalue weighted by Gasteiger charge is 2.10. The molecule has 1 aromatic carbocycles. The summed E-state index contributed by atoms with van der Waals surface area (Å²) in [7, 11) is 0. The van der Waals surface area contributed by atoms with Gasteiger partial charge in [0.1, 0.15) is 11.5 Å². The summed E-state index contributed by atoms with van der Waals surface area (Å²) < 4.78 is 12.9. The van der Waals surface area contributed by atoms with E-state index in [-0.39, 0.29) is 42.1 Å². The number of carbonyl (C=O) groups excluding carboxylic acids is 1. The van der Waals surface area contributed by atoms with Crippen molar-refractivity contribution in [3.05, 3.63) is 46.1 Å². The second-order valence-corrected chi connectivity index (χ2v) is 5.18. The molecule has 0 atom stereocenters. The number of carbonyl (C=O) groups is 1. The molecule has 6 nitrogen and oxygen atoms in total. The van der Waals surface area contributed by atoms with Crippen molar-refractivity contribution >= 4 is 5.91 Å². The third kappa shape index (κ3) is 4.21. The van der Waals surface area contributed by atoms with Crippen LogP contribution in [-0.4, -0.2) is 27.1 Å². The van der Waals surface area contributed by atoms with Gasteiger partial charge < -0.3 is 10.3 Å². The first-order valence-corrected chi connectivity index (χ1v) is 6.97. The first-order chi connectivity index (χ1) is 10.5. The van der Waals surface area contributed by atoms with Crippen LogP contribution in [0.5, 0.6) is 0 Å². The van der Waals surface area contributed by atoms with Crippen molar-refractivity contribution in [2.24, 2.45) is 0 Å². The summed E-state index contributed by atoms with van der Waals surface area (Å²) in [4.78, 5) is 26.1. The fourth-order valence-corrected chi connectivity index (χ4v) is 1.89. The third-order valence-corrected chi connectivity index (χ3v) is 2.92. The van der Waals surface area contributed by atoms with Gasteiger partial charge in [0, 0.05) is 24.4 Å². The Hall–Kier alpha value is -2.57. The molecule has 1 aromatic heterocycles. The third-order valence-electron chi connectivity index (χ3n) is 2.92. The van der Waals surface area contributed by atoms with E-state index in [4.69, 9.17) is 0 Å². The van der Waals surface area contributed by atoms with Gasteiger partial charge in [0.25, 0.3) is 5.56 Å². The number of nitrogens with one attached hydrogen (secondary N) is 2. The van der Waals surface area contributed by atoms with Crippen molar-refractivity contribution in [3.8, 4) is 11.4 Å². The van der Waals surface area contributed by atoms with Gasteiger partial charge in [0.15, 0.2) is 5.82 Å². The Morgan fingerprint density at radius 3 is 2.55 bits per heavy atom. The molecule has 116 valence electrons. The lowest BCUT2D eigenvalue weighted by Gasteiger charge is -2.07. The van der Waals surface area contributed by atoms with Crippen molar-refractivity contribution < 1.29 is 9.18 Å². The standard InChI is InChI=1S/C15H17FN4O2/c1-9(2)17-13(21)8-7-12-15(22)18-14(20-19-12)10-3-5-11(16)6-4-10/h3-6,9H,7-8H2,1-2H3,(H,17,21)(H,18,20,22). The van der Waals surface area contributed by atoms with E-state index in [0.717, 1.165) is 0 Å². The van der Waals surface area contributed by atoms with Crippen LogP contribution < -0.4 is 10.9 Å². The average molecular weight is 304 g/mol. The fourth-order valence-electron chi connectivity index (χ4n) is 1.89. The van der Waals surface area contributed by atoms with E-state index in [1.54, 1.807) is 0 Å². The minimum absolute atomic E-state index is 0.0534. The first kappa shape index (κ1) is 15.8. The second-order valence-electron chi connectivity index (χ2n) is 5.18. The maximum absolute atomic E-state index is 12.9. The number of rotatable bonds is 5. The number of nitrogens with zero attached hydrogens (tertiary/aromatic N) is 2. The lowest BCUT2D eigenvalue weighted by molar-refractivity contribution is -0.121. The molecule has 0 unspecified atom stereocenters. The van der Waals surface area contributed by atoms with Crippen LogP contribution in [0.2, 0.25) is 0 Å². The van der Waals surface area contributed by atoms with E-state index in [0.29, 0.717) is 5.56 Å². The van der Waals surface area contributed by atoms with E-state index in [1.165, 1.54) is 24.3 Å². The zero-order chi connectivity index (χ0) is 16.1. The molecular weight excluding hydrogens is 287 g/mol. The molecule has 0 aliphatic carbocycles. The predicted molar refractivity (Wildman–Crippen MR) is 79.6 cm³/mol. The Kier molecular flexibility index (Phi) is 4.98. The van der Waals surface area contributed by atoms with Gasteiger partial charge in [0.05, 0.1) is 0 Å². The summed E-state index contributed by atoms with van der Waals surface area (Å²) >= 11 is 0. The number of amides is 1. The second kappa shape index (κ2) is 6.93. The topological polar surface area (TPSA) is 87.7 Å². The molecule has 2 N–H and O–H groups in total. The number of hydrogen-bond acceptors (Lipinski definition) is 4. The molecule has 7 heteroatoms. The normalized spacial score (nSPS) is 10.7. The number of aromatic amines is 1. The van der Waals surface area contributed by atoms with Crippen LogP contribution in [0.1, 0.15) is 26.0 Å². The van der Waals surface area contributed by atoms with E-state index in [1.807, 2.05) is 13.8 Å². The quantitative estimate of drug-likeness (QED) is 0.874. The number of aromatic nitrogens is 3. The summed E-state index contributed by atoms with van der Waals surface area (Å²) in [6.07, 6.45) is 0.385. The maximum atomic E-state index is 12.9. The van der Waals surface area contributed by atoms with Gasteiger partial charge in [-0.25, -0.2) is 4.39 Å². The molecule has 0 fully saturated rings. The summed E-state index contributed by atoms with van der Waals surface area (Å²) in [5.74, 6) is -0.244. The van der Waals surface area contributed by atoms with Crippen LogP contribution in [0.15, 0.2) is 29.1 Å². The minimum Gasteiger partial charge on any atom is -0.354 e. The Bertz CT molecular complexity index is 710. The molecule has 0 bridgehead atoms. The van der Waals surface area contributed by atoms with E-state index in [9.17, 15) is 14.0 Å². The van der Waals surface area contributed by atoms with Crippen LogP contribution in [0.3, 0.4) is 0 Å². The van der Waals surface area contributed by atoms with Crippen LogP contribution >= 0.6 is 0 Å². The Balaban J connectivity index is 2.08. The zero-order valence-corrected chi connectivity index (χ0v) is 12.4. The van der Waals surface area contributed by atoms with E-state index >= 15 is 0 Å².